The van der Waals surface area contributed by atoms with Gasteiger partial charge in [0.15, 0.2) is 0 Å². The number of hydrogen-bond acceptors (Lipinski definition) is 1. The largest absolute Gasteiger partial charge is 0.300 e. The van der Waals surface area contributed by atoms with Gasteiger partial charge in [-0.2, -0.15) is 0 Å². The second-order valence-electron chi connectivity index (χ2n) is 7.85. The summed E-state index contributed by atoms with van der Waals surface area (Å²) >= 11 is 0. The van der Waals surface area contributed by atoms with Crippen molar-refractivity contribution in [3.63, 3.8) is 0 Å². The lowest BCUT2D eigenvalue weighted by Gasteiger charge is -2.35. The molecule has 0 aromatic heterocycles. The Bertz CT molecular complexity index is 895. The molecule has 1 aliphatic carbocycles. The van der Waals surface area contributed by atoms with Crippen molar-refractivity contribution in [1.29, 1.82) is 0 Å². The SMILES string of the molecule is C[C@@]1(c2cccc(F)c2)C=C[C@H](NC(c2ccccc2)c2ccccc2)CC1. The Morgan fingerprint density at radius 3 is 2.07 bits per heavy atom. The third-order valence-corrected chi connectivity index (χ3v) is 5.80. The second-order valence-corrected chi connectivity index (χ2v) is 7.85. The minimum atomic E-state index is -0.166. The van der Waals surface area contributed by atoms with E-state index in [4.69, 9.17) is 0 Å². The van der Waals surface area contributed by atoms with Crippen LogP contribution in [0, 0.1) is 5.82 Å². The van der Waals surface area contributed by atoms with Gasteiger partial charge in [0, 0.05) is 11.5 Å². The molecule has 0 saturated heterocycles. The lowest BCUT2D eigenvalue weighted by molar-refractivity contribution is 0.411. The fraction of sp³-hybridized carbons (Fsp3) is 0.231. The van der Waals surface area contributed by atoms with E-state index >= 15 is 0 Å². The summed E-state index contributed by atoms with van der Waals surface area (Å²) in [6, 6.07) is 28.6. The maximum atomic E-state index is 13.7. The van der Waals surface area contributed by atoms with Crippen LogP contribution in [0.5, 0.6) is 0 Å². The van der Waals surface area contributed by atoms with E-state index in [0.29, 0.717) is 0 Å². The minimum Gasteiger partial charge on any atom is -0.300 e. The van der Waals surface area contributed by atoms with Gasteiger partial charge in [-0.3, -0.25) is 5.32 Å². The first-order valence-electron chi connectivity index (χ1n) is 9.95. The first-order chi connectivity index (χ1) is 13.6. The first kappa shape index (κ1) is 18.6. The van der Waals surface area contributed by atoms with E-state index in [1.165, 1.54) is 17.2 Å². The molecule has 1 nitrogen and oxygen atoms in total. The van der Waals surface area contributed by atoms with Crippen molar-refractivity contribution in [2.24, 2.45) is 0 Å². The Hall–Kier alpha value is -2.71. The zero-order chi connectivity index (χ0) is 19.4. The number of benzene rings is 3. The lowest BCUT2D eigenvalue weighted by atomic mass is 9.74. The van der Waals surface area contributed by atoms with Crippen molar-refractivity contribution >= 4 is 0 Å². The van der Waals surface area contributed by atoms with Gasteiger partial charge < -0.3 is 0 Å². The van der Waals surface area contributed by atoms with Crippen molar-refractivity contribution in [3.05, 3.63) is 120 Å². The van der Waals surface area contributed by atoms with E-state index in [9.17, 15) is 4.39 Å². The topological polar surface area (TPSA) is 12.0 Å². The molecule has 0 fully saturated rings. The van der Waals surface area contributed by atoms with Crippen molar-refractivity contribution in [3.8, 4) is 0 Å². The van der Waals surface area contributed by atoms with E-state index in [2.05, 4.69) is 85.1 Å². The molecule has 0 saturated carbocycles. The molecule has 2 atom stereocenters. The predicted molar refractivity (Wildman–Crippen MR) is 114 cm³/mol. The molecule has 0 spiro atoms. The van der Waals surface area contributed by atoms with Crippen LogP contribution in [0.4, 0.5) is 4.39 Å². The molecule has 3 aromatic carbocycles. The Labute approximate surface area is 166 Å². The van der Waals surface area contributed by atoms with Gasteiger partial charge in [0.05, 0.1) is 6.04 Å². The summed E-state index contributed by atoms with van der Waals surface area (Å²) in [5.41, 5.74) is 3.46. The van der Waals surface area contributed by atoms with Gasteiger partial charge in [-0.05, 0) is 41.7 Å². The quantitative estimate of drug-likeness (QED) is 0.528. The average Bonchev–Trinajstić information content (AvgIpc) is 2.75. The molecule has 142 valence electrons. The molecule has 2 heteroatoms. The first-order valence-corrected chi connectivity index (χ1v) is 9.95. The van der Waals surface area contributed by atoms with Crippen LogP contribution in [0.3, 0.4) is 0 Å². The number of halogens is 1. The van der Waals surface area contributed by atoms with E-state index in [0.717, 1.165) is 18.4 Å². The number of allylic oxidation sites excluding steroid dienone is 1. The van der Waals surface area contributed by atoms with Gasteiger partial charge in [0.25, 0.3) is 0 Å². The minimum absolute atomic E-state index is 0.116. The summed E-state index contributed by atoms with van der Waals surface area (Å²) in [5.74, 6) is -0.166. The van der Waals surface area contributed by atoms with Crippen LogP contribution in [-0.2, 0) is 5.41 Å². The van der Waals surface area contributed by atoms with Gasteiger partial charge in [-0.1, -0.05) is 91.9 Å². The molecule has 4 rings (SSSR count). The molecule has 0 aliphatic heterocycles. The summed E-state index contributed by atoms with van der Waals surface area (Å²) in [7, 11) is 0. The third-order valence-electron chi connectivity index (χ3n) is 5.80. The average molecular weight is 371 g/mol. The summed E-state index contributed by atoms with van der Waals surface area (Å²) in [5, 5.41) is 3.83. The molecule has 1 N–H and O–H groups in total. The van der Waals surface area contributed by atoms with Crippen LogP contribution in [0.15, 0.2) is 97.1 Å². The monoisotopic (exact) mass is 371 g/mol. The molecular formula is C26H26FN. The van der Waals surface area contributed by atoms with E-state index < -0.39 is 0 Å². The van der Waals surface area contributed by atoms with Crippen molar-refractivity contribution in [2.75, 3.05) is 0 Å². The summed E-state index contributed by atoms with van der Waals surface area (Å²) in [6.07, 6.45) is 6.50. The highest BCUT2D eigenvalue weighted by Crippen LogP contribution is 2.36. The summed E-state index contributed by atoms with van der Waals surface area (Å²) in [4.78, 5) is 0. The van der Waals surface area contributed by atoms with Crippen molar-refractivity contribution < 1.29 is 4.39 Å². The van der Waals surface area contributed by atoms with Crippen LogP contribution in [-0.4, -0.2) is 6.04 Å². The van der Waals surface area contributed by atoms with Gasteiger partial charge in [0.1, 0.15) is 5.82 Å². The normalized spacial score (nSPS) is 21.8. The molecule has 1 aliphatic rings. The zero-order valence-corrected chi connectivity index (χ0v) is 16.2. The van der Waals surface area contributed by atoms with Crippen LogP contribution in [0.25, 0.3) is 0 Å². The molecule has 0 amide bonds. The molecule has 0 radical (unpaired) electrons. The second kappa shape index (κ2) is 8.12. The maximum Gasteiger partial charge on any atom is 0.123 e. The number of hydrogen-bond donors (Lipinski definition) is 1. The number of nitrogens with one attached hydrogen (secondary N) is 1. The van der Waals surface area contributed by atoms with Gasteiger partial charge in [-0.15, -0.1) is 0 Å². The fourth-order valence-corrected chi connectivity index (χ4v) is 4.08. The Balaban J connectivity index is 1.56. The Kier molecular flexibility index (Phi) is 5.40. The third kappa shape index (κ3) is 4.07. The molecule has 0 heterocycles. The van der Waals surface area contributed by atoms with E-state index in [1.54, 1.807) is 12.1 Å². The van der Waals surface area contributed by atoms with Crippen LogP contribution in [0.2, 0.25) is 0 Å². The van der Waals surface area contributed by atoms with Crippen LogP contribution >= 0.6 is 0 Å². The van der Waals surface area contributed by atoms with E-state index in [1.807, 2.05) is 6.07 Å². The van der Waals surface area contributed by atoms with Gasteiger partial charge in [0.2, 0.25) is 0 Å². The lowest BCUT2D eigenvalue weighted by Crippen LogP contribution is -2.37. The highest BCUT2D eigenvalue weighted by molar-refractivity contribution is 5.35. The molecule has 0 bridgehead atoms. The van der Waals surface area contributed by atoms with E-state index in [-0.39, 0.29) is 23.3 Å². The van der Waals surface area contributed by atoms with Crippen LogP contribution in [0.1, 0.15) is 42.5 Å². The Morgan fingerprint density at radius 1 is 0.893 bits per heavy atom. The predicted octanol–water partition coefficient (Wildman–Crippen LogP) is 6.18. The molecule has 0 unspecified atom stereocenters. The molecule has 3 aromatic rings. The highest BCUT2D eigenvalue weighted by atomic mass is 19.1. The smallest absolute Gasteiger partial charge is 0.123 e. The highest BCUT2D eigenvalue weighted by Gasteiger charge is 2.29. The zero-order valence-electron chi connectivity index (χ0n) is 16.2. The van der Waals surface area contributed by atoms with Crippen molar-refractivity contribution in [2.45, 2.75) is 37.3 Å². The van der Waals surface area contributed by atoms with Gasteiger partial charge >= 0.3 is 0 Å². The standard InChI is InChI=1S/C26H26FN/c1-26(22-13-8-14-23(27)19-22)17-15-24(16-18-26)28-25(20-9-4-2-5-10-20)21-11-6-3-7-12-21/h2-15,17,19,24-25,28H,16,18H2,1H3/t24-,26+/m0/s1. The Morgan fingerprint density at radius 2 is 1.54 bits per heavy atom. The van der Waals surface area contributed by atoms with Crippen molar-refractivity contribution in [1.82, 2.24) is 5.32 Å². The van der Waals surface area contributed by atoms with Crippen LogP contribution < -0.4 is 5.32 Å². The summed E-state index contributed by atoms with van der Waals surface area (Å²) in [6.45, 7) is 2.19. The maximum absolute atomic E-state index is 13.7. The summed E-state index contributed by atoms with van der Waals surface area (Å²) < 4.78 is 13.7. The number of rotatable bonds is 5. The van der Waals surface area contributed by atoms with Gasteiger partial charge in [-0.25, -0.2) is 4.39 Å². The fourth-order valence-electron chi connectivity index (χ4n) is 4.08. The molecular weight excluding hydrogens is 345 g/mol. The molecule has 28 heavy (non-hydrogen) atoms.